The van der Waals surface area contributed by atoms with Gasteiger partial charge in [-0.3, -0.25) is 4.79 Å². The summed E-state index contributed by atoms with van der Waals surface area (Å²) in [6.07, 6.45) is 4.70. The fourth-order valence-corrected chi connectivity index (χ4v) is 2.44. The van der Waals surface area contributed by atoms with Crippen LogP contribution < -0.4 is 10.6 Å². The van der Waals surface area contributed by atoms with Gasteiger partial charge in [-0.25, -0.2) is 0 Å². The van der Waals surface area contributed by atoms with Crippen LogP contribution in [0.25, 0.3) is 0 Å². The maximum atomic E-state index is 12.1. The van der Waals surface area contributed by atoms with Gasteiger partial charge in [0.25, 0.3) is 0 Å². The molecule has 1 aliphatic rings. The zero-order chi connectivity index (χ0) is 15.4. The molecule has 1 aliphatic carbocycles. The van der Waals surface area contributed by atoms with Crippen LogP contribution in [0.5, 0.6) is 0 Å². The van der Waals surface area contributed by atoms with E-state index in [2.05, 4.69) is 24.5 Å². The Morgan fingerprint density at radius 2 is 1.95 bits per heavy atom. The van der Waals surface area contributed by atoms with Crippen LogP contribution in [-0.2, 0) is 4.79 Å². The second-order valence-electron chi connectivity index (χ2n) is 7.24. The molecule has 0 aromatic heterocycles. The highest BCUT2D eigenvalue weighted by Crippen LogP contribution is 2.31. The summed E-state index contributed by atoms with van der Waals surface area (Å²) in [5.74, 6) is 0.714. The molecule has 4 heteroatoms. The Labute approximate surface area is 123 Å². The van der Waals surface area contributed by atoms with Gasteiger partial charge in [0.1, 0.15) is 0 Å². The standard InChI is InChI=1S/C16H32N2O2/c1-6-15(4,5)18-14(19)13(3)17-11-16(20)9-7-12(2)8-10-16/h12-13,17,20H,6-11H2,1-5H3,(H,18,19). The number of amides is 1. The van der Waals surface area contributed by atoms with E-state index in [-0.39, 0.29) is 17.5 Å². The molecule has 0 aromatic rings. The molecule has 1 fully saturated rings. The minimum atomic E-state index is -0.638. The van der Waals surface area contributed by atoms with Gasteiger partial charge < -0.3 is 15.7 Å². The van der Waals surface area contributed by atoms with Gasteiger partial charge in [-0.2, -0.15) is 0 Å². The van der Waals surface area contributed by atoms with Crippen LogP contribution >= 0.6 is 0 Å². The SMILES string of the molecule is CCC(C)(C)NC(=O)C(C)NCC1(O)CCC(C)CC1. The van der Waals surface area contributed by atoms with Crippen LogP contribution in [0, 0.1) is 5.92 Å². The molecule has 1 saturated carbocycles. The molecule has 0 aromatic carbocycles. The molecule has 20 heavy (non-hydrogen) atoms. The Bertz CT molecular complexity index is 320. The van der Waals surface area contributed by atoms with Crippen LogP contribution in [0.4, 0.5) is 0 Å². The summed E-state index contributed by atoms with van der Waals surface area (Å²) in [4.78, 5) is 12.1. The second-order valence-corrected chi connectivity index (χ2v) is 7.24. The maximum Gasteiger partial charge on any atom is 0.237 e. The number of carbonyl (C=O) groups excluding carboxylic acids is 1. The molecule has 1 atom stereocenters. The second kappa shape index (κ2) is 6.90. The molecule has 118 valence electrons. The van der Waals surface area contributed by atoms with Crippen LogP contribution in [-0.4, -0.2) is 34.7 Å². The van der Waals surface area contributed by atoms with Gasteiger partial charge in [0, 0.05) is 12.1 Å². The molecular weight excluding hydrogens is 252 g/mol. The maximum absolute atomic E-state index is 12.1. The Kier molecular flexibility index (Phi) is 6.02. The highest BCUT2D eigenvalue weighted by Gasteiger charge is 2.32. The first kappa shape index (κ1) is 17.4. The molecule has 0 spiro atoms. The topological polar surface area (TPSA) is 61.4 Å². The van der Waals surface area contributed by atoms with E-state index < -0.39 is 5.60 Å². The monoisotopic (exact) mass is 284 g/mol. The Hall–Kier alpha value is -0.610. The van der Waals surface area contributed by atoms with Crippen molar-refractivity contribution < 1.29 is 9.90 Å². The summed E-state index contributed by atoms with van der Waals surface area (Å²) in [6, 6.07) is -0.274. The molecule has 3 N–H and O–H groups in total. The Morgan fingerprint density at radius 1 is 1.40 bits per heavy atom. The quantitative estimate of drug-likeness (QED) is 0.701. The average molecular weight is 284 g/mol. The number of hydrogen-bond donors (Lipinski definition) is 3. The fraction of sp³-hybridized carbons (Fsp3) is 0.938. The number of hydrogen-bond acceptors (Lipinski definition) is 3. The van der Waals surface area contributed by atoms with Gasteiger partial charge >= 0.3 is 0 Å². The number of carbonyl (C=O) groups is 1. The largest absolute Gasteiger partial charge is 0.389 e. The summed E-state index contributed by atoms with van der Waals surface area (Å²) >= 11 is 0. The van der Waals surface area contributed by atoms with Crippen LogP contribution in [0.2, 0.25) is 0 Å². The molecule has 0 saturated heterocycles. The van der Waals surface area contributed by atoms with Crippen molar-refractivity contribution in [3.8, 4) is 0 Å². The average Bonchev–Trinajstić information content (AvgIpc) is 2.39. The molecule has 1 amide bonds. The predicted molar refractivity (Wildman–Crippen MR) is 82.6 cm³/mol. The van der Waals surface area contributed by atoms with Crippen LogP contribution in [0.15, 0.2) is 0 Å². The lowest BCUT2D eigenvalue weighted by molar-refractivity contribution is -0.124. The van der Waals surface area contributed by atoms with Crippen molar-refractivity contribution in [2.24, 2.45) is 5.92 Å². The lowest BCUT2D eigenvalue weighted by atomic mass is 9.79. The molecule has 4 nitrogen and oxygen atoms in total. The highest BCUT2D eigenvalue weighted by molar-refractivity contribution is 5.81. The van der Waals surface area contributed by atoms with Crippen molar-refractivity contribution in [2.45, 2.75) is 83.9 Å². The lowest BCUT2D eigenvalue weighted by Crippen LogP contribution is -2.54. The van der Waals surface area contributed by atoms with Gasteiger partial charge in [0.2, 0.25) is 5.91 Å². The van der Waals surface area contributed by atoms with Gasteiger partial charge in [-0.05, 0) is 58.8 Å². The summed E-state index contributed by atoms with van der Waals surface area (Å²) in [7, 11) is 0. The third-order valence-corrected chi connectivity index (χ3v) is 4.68. The molecular formula is C16H32N2O2. The zero-order valence-electron chi connectivity index (χ0n) is 13.8. The van der Waals surface area contributed by atoms with E-state index in [0.29, 0.717) is 12.5 Å². The van der Waals surface area contributed by atoms with E-state index >= 15 is 0 Å². The molecule has 1 rings (SSSR count). The normalized spacial score (nSPS) is 29.0. The number of nitrogens with one attached hydrogen (secondary N) is 2. The molecule has 0 heterocycles. The van der Waals surface area contributed by atoms with E-state index in [1.165, 1.54) is 0 Å². The molecule has 0 bridgehead atoms. The summed E-state index contributed by atoms with van der Waals surface area (Å²) in [6.45, 7) is 10.7. The third-order valence-electron chi connectivity index (χ3n) is 4.68. The van der Waals surface area contributed by atoms with Crippen LogP contribution in [0.3, 0.4) is 0 Å². The first-order valence-corrected chi connectivity index (χ1v) is 7.95. The van der Waals surface area contributed by atoms with E-state index in [1.54, 1.807) is 0 Å². The first-order valence-electron chi connectivity index (χ1n) is 7.95. The Balaban J connectivity index is 2.39. The Morgan fingerprint density at radius 3 is 2.45 bits per heavy atom. The van der Waals surface area contributed by atoms with Gasteiger partial charge in [0.15, 0.2) is 0 Å². The minimum Gasteiger partial charge on any atom is -0.389 e. The van der Waals surface area contributed by atoms with Crippen molar-refractivity contribution in [1.82, 2.24) is 10.6 Å². The van der Waals surface area contributed by atoms with Crippen LogP contribution in [0.1, 0.15) is 66.7 Å². The van der Waals surface area contributed by atoms with Crippen molar-refractivity contribution in [1.29, 1.82) is 0 Å². The smallest absolute Gasteiger partial charge is 0.237 e. The minimum absolute atomic E-state index is 0.00428. The van der Waals surface area contributed by atoms with Gasteiger partial charge in [0.05, 0.1) is 11.6 Å². The number of aliphatic hydroxyl groups is 1. The summed E-state index contributed by atoms with van der Waals surface area (Å²) in [5.41, 5.74) is -0.814. The molecule has 1 unspecified atom stereocenters. The van der Waals surface area contributed by atoms with Crippen molar-refractivity contribution in [3.05, 3.63) is 0 Å². The lowest BCUT2D eigenvalue weighted by Gasteiger charge is -2.36. The summed E-state index contributed by atoms with van der Waals surface area (Å²) < 4.78 is 0. The highest BCUT2D eigenvalue weighted by atomic mass is 16.3. The van der Waals surface area contributed by atoms with Gasteiger partial charge in [-0.1, -0.05) is 13.8 Å². The third kappa shape index (κ3) is 5.41. The fourth-order valence-electron chi connectivity index (χ4n) is 2.44. The van der Waals surface area contributed by atoms with Crippen molar-refractivity contribution >= 4 is 5.91 Å². The van der Waals surface area contributed by atoms with E-state index in [1.807, 2.05) is 20.8 Å². The molecule has 0 radical (unpaired) electrons. The van der Waals surface area contributed by atoms with E-state index in [9.17, 15) is 9.90 Å². The summed E-state index contributed by atoms with van der Waals surface area (Å²) in [5, 5.41) is 16.7. The first-order chi connectivity index (χ1) is 9.17. The number of rotatable bonds is 6. The van der Waals surface area contributed by atoms with Gasteiger partial charge in [-0.15, -0.1) is 0 Å². The van der Waals surface area contributed by atoms with Crippen molar-refractivity contribution in [2.75, 3.05) is 6.54 Å². The molecule has 0 aliphatic heterocycles. The van der Waals surface area contributed by atoms with Crippen molar-refractivity contribution in [3.63, 3.8) is 0 Å². The van der Waals surface area contributed by atoms with E-state index in [0.717, 1.165) is 32.1 Å². The predicted octanol–water partition coefficient (Wildman–Crippen LogP) is 2.21. The zero-order valence-corrected chi connectivity index (χ0v) is 13.8. The van der Waals surface area contributed by atoms with E-state index in [4.69, 9.17) is 0 Å².